The first-order chi connectivity index (χ1) is 10.0. The molecular formula is C17H26N2O2. The van der Waals surface area contributed by atoms with E-state index >= 15 is 0 Å². The minimum absolute atomic E-state index is 0.0783. The van der Waals surface area contributed by atoms with Gasteiger partial charge in [-0.3, -0.25) is 4.79 Å². The summed E-state index contributed by atoms with van der Waals surface area (Å²) in [6, 6.07) is 7.44. The predicted octanol–water partition coefficient (Wildman–Crippen LogP) is 2.53. The normalized spacial score (nSPS) is 22.4. The minimum atomic E-state index is 0.0783. The minimum Gasteiger partial charge on any atom is -0.491 e. The van der Waals surface area contributed by atoms with E-state index in [2.05, 4.69) is 6.92 Å². The molecule has 0 saturated carbocycles. The largest absolute Gasteiger partial charge is 0.491 e. The van der Waals surface area contributed by atoms with Gasteiger partial charge in [0.1, 0.15) is 5.75 Å². The van der Waals surface area contributed by atoms with Crippen molar-refractivity contribution in [2.24, 2.45) is 17.6 Å². The fraction of sp³-hybridized carbons (Fsp3) is 0.588. The van der Waals surface area contributed by atoms with Crippen LogP contribution in [0.1, 0.15) is 37.6 Å². The highest BCUT2D eigenvalue weighted by molar-refractivity contribution is 5.94. The molecule has 4 nitrogen and oxygen atoms in total. The molecular weight excluding hydrogens is 264 g/mol. The summed E-state index contributed by atoms with van der Waals surface area (Å²) in [5, 5.41) is 0. The van der Waals surface area contributed by atoms with Gasteiger partial charge in [0.2, 0.25) is 0 Å². The zero-order valence-electron chi connectivity index (χ0n) is 13.2. The van der Waals surface area contributed by atoms with Crippen molar-refractivity contribution in [1.82, 2.24) is 4.90 Å². The number of ether oxygens (including phenoxy) is 1. The van der Waals surface area contributed by atoms with Crippen molar-refractivity contribution in [3.63, 3.8) is 0 Å². The third kappa shape index (κ3) is 3.97. The van der Waals surface area contributed by atoms with Crippen molar-refractivity contribution in [1.29, 1.82) is 0 Å². The summed E-state index contributed by atoms with van der Waals surface area (Å²) in [6.45, 7) is 8.38. The van der Waals surface area contributed by atoms with E-state index in [1.54, 1.807) is 0 Å². The molecule has 0 radical (unpaired) electrons. The molecule has 2 N–H and O–H groups in total. The van der Waals surface area contributed by atoms with E-state index in [4.69, 9.17) is 10.5 Å². The maximum atomic E-state index is 12.6. The highest BCUT2D eigenvalue weighted by atomic mass is 16.5. The Labute approximate surface area is 127 Å². The monoisotopic (exact) mass is 290 g/mol. The van der Waals surface area contributed by atoms with Crippen LogP contribution in [0.3, 0.4) is 0 Å². The number of nitrogens with zero attached hydrogens (tertiary/aromatic N) is 1. The number of piperidine rings is 1. The van der Waals surface area contributed by atoms with Gasteiger partial charge in [-0.2, -0.15) is 0 Å². The lowest BCUT2D eigenvalue weighted by Gasteiger charge is -2.36. The highest BCUT2D eigenvalue weighted by Crippen LogP contribution is 2.24. The van der Waals surface area contributed by atoms with E-state index in [1.807, 2.05) is 43.0 Å². The average Bonchev–Trinajstić information content (AvgIpc) is 2.46. The zero-order valence-corrected chi connectivity index (χ0v) is 13.2. The number of hydrogen-bond acceptors (Lipinski definition) is 3. The lowest BCUT2D eigenvalue weighted by atomic mass is 9.87. The highest BCUT2D eigenvalue weighted by Gasteiger charge is 2.28. The van der Waals surface area contributed by atoms with Crippen molar-refractivity contribution in [2.75, 3.05) is 19.6 Å². The summed E-state index contributed by atoms with van der Waals surface area (Å²) in [4.78, 5) is 14.6. The number of amides is 1. The van der Waals surface area contributed by atoms with Crippen LogP contribution in [0, 0.1) is 11.8 Å². The first-order valence-corrected chi connectivity index (χ1v) is 7.77. The smallest absolute Gasteiger partial charge is 0.253 e. The third-order valence-electron chi connectivity index (χ3n) is 4.16. The Morgan fingerprint density at radius 2 is 2.24 bits per heavy atom. The lowest BCUT2D eigenvalue weighted by Crippen LogP contribution is -2.45. The van der Waals surface area contributed by atoms with Gasteiger partial charge in [0, 0.05) is 18.7 Å². The topological polar surface area (TPSA) is 55.6 Å². The number of carbonyl (C=O) groups excluding carboxylic acids is 1. The quantitative estimate of drug-likeness (QED) is 0.927. The molecule has 1 amide bonds. The van der Waals surface area contributed by atoms with Gasteiger partial charge in [-0.05, 0) is 56.8 Å². The molecule has 2 rings (SSSR count). The van der Waals surface area contributed by atoms with Crippen LogP contribution < -0.4 is 10.5 Å². The molecule has 1 aliphatic rings. The summed E-state index contributed by atoms with van der Waals surface area (Å²) in [7, 11) is 0. The maximum absolute atomic E-state index is 12.6. The molecule has 1 aromatic rings. The number of rotatable bonds is 4. The molecule has 2 atom stereocenters. The molecule has 0 aliphatic carbocycles. The van der Waals surface area contributed by atoms with Gasteiger partial charge >= 0.3 is 0 Å². The van der Waals surface area contributed by atoms with Gasteiger partial charge in [-0.1, -0.05) is 13.0 Å². The Hall–Kier alpha value is -1.55. The molecule has 1 aliphatic heterocycles. The van der Waals surface area contributed by atoms with Gasteiger partial charge in [-0.25, -0.2) is 0 Å². The molecule has 4 heteroatoms. The number of nitrogens with two attached hydrogens (primary N) is 1. The lowest BCUT2D eigenvalue weighted by molar-refractivity contribution is 0.0618. The molecule has 0 bridgehead atoms. The maximum Gasteiger partial charge on any atom is 0.253 e. The Kier molecular flexibility index (Phi) is 5.23. The fourth-order valence-corrected chi connectivity index (χ4v) is 2.80. The van der Waals surface area contributed by atoms with Gasteiger partial charge in [0.15, 0.2) is 0 Å². The number of benzene rings is 1. The van der Waals surface area contributed by atoms with Gasteiger partial charge in [0.25, 0.3) is 5.91 Å². The summed E-state index contributed by atoms with van der Waals surface area (Å²) in [5.74, 6) is 1.82. The summed E-state index contributed by atoms with van der Waals surface area (Å²) in [5.41, 5.74) is 6.51. The third-order valence-corrected chi connectivity index (χ3v) is 4.16. The van der Waals surface area contributed by atoms with Gasteiger partial charge in [0.05, 0.1) is 6.10 Å². The summed E-state index contributed by atoms with van der Waals surface area (Å²) >= 11 is 0. The van der Waals surface area contributed by atoms with E-state index < -0.39 is 0 Å². The van der Waals surface area contributed by atoms with Gasteiger partial charge in [-0.15, -0.1) is 0 Å². The summed E-state index contributed by atoms with van der Waals surface area (Å²) < 4.78 is 5.66. The first-order valence-electron chi connectivity index (χ1n) is 7.77. The molecule has 1 fully saturated rings. The van der Waals surface area contributed by atoms with Crippen molar-refractivity contribution < 1.29 is 9.53 Å². The summed E-state index contributed by atoms with van der Waals surface area (Å²) in [6.07, 6.45) is 1.13. The van der Waals surface area contributed by atoms with Crippen molar-refractivity contribution in [3.8, 4) is 5.75 Å². The van der Waals surface area contributed by atoms with E-state index in [-0.39, 0.29) is 12.0 Å². The Bertz CT molecular complexity index is 487. The van der Waals surface area contributed by atoms with Crippen molar-refractivity contribution >= 4 is 5.91 Å². The van der Waals surface area contributed by atoms with E-state index in [1.165, 1.54) is 0 Å². The van der Waals surface area contributed by atoms with Gasteiger partial charge < -0.3 is 15.4 Å². The molecule has 0 aromatic heterocycles. The predicted molar refractivity (Wildman–Crippen MR) is 84.4 cm³/mol. The van der Waals surface area contributed by atoms with Crippen LogP contribution in [0.4, 0.5) is 0 Å². The van der Waals surface area contributed by atoms with Crippen LogP contribution in [0.25, 0.3) is 0 Å². The average molecular weight is 290 g/mol. The standard InChI is InChI=1S/C17H26N2O2/c1-12(2)21-16-6-4-5-14(9-16)17(20)19-8-7-13(3)15(10-18)11-19/h4-6,9,12-13,15H,7-8,10-11,18H2,1-3H3. The number of likely N-dealkylation sites (tertiary alicyclic amines) is 1. The molecule has 1 aromatic carbocycles. The second kappa shape index (κ2) is 6.94. The Balaban J connectivity index is 2.09. The van der Waals surface area contributed by atoms with Crippen LogP contribution in [-0.4, -0.2) is 36.5 Å². The van der Waals surface area contributed by atoms with Crippen LogP contribution in [0.2, 0.25) is 0 Å². The van der Waals surface area contributed by atoms with Crippen molar-refractivity contribution in [3.05, 3.63) is 29.8 Å². The van der Waals surface area contributed by atoms with Crippen molar-refractivity contribution in [2.45, 2.75) is 33.3 Å². The Morgan fingerprint density at radius 1 is 1.48 bits per heavy atom. The van der Waals surface area contributed by atoms with Crippen LogP contribution in [-0.2, 0) is 0 Å². The molecule has 1 saturated heterocycles. The van der Waals surface area contributed by atoms with E-state index in [0.717, 1.165) is 25.3 Å². The fourth-order valence-electron chi connectivity index (χ4n) is 2.80. The Morgan fingerprint density at radius 3 is 2.90 bits per heavy atom. The zero-order chi connectivity index (χ0) is 15.4. The van der Waals surface area contributed by atoms with Crippen LogP contribution in [0.15, 0.2) is 24.3 Å². The molecule has 116 valence electrons. The molecule has 21 heavy (non-hydrogen) atoms. The van der Waals surface area contributed by atoms with E-state index in [9.17, 15) is 4.79 Å². The molecule has 2 unspecified atom stereocenters. The number of hydrogen-bond donors (Lipinski definition) is 1. The second-order valence-electron chi connectivity index (χ2n) is 6.21. The number of carbonyl (C=O) groups is 1. The second-order valence-corrected chi connectivity index (χ2v) is 6.21. The first kappa shape index (κ1) is 15.8. The van der Waals surface area contributed by atoms with Crippen LogP contribution in [0.5, 0.6) is 5.75 Å². The SMILES string of the molecule is CC(C)Oc1cccc(C(=O)N2CCC(C)C(CN)C2)c1. The molecule has 1 heterocycles. The van der Waals surface area contributed by atoms with E-state index in [0.29, 0.717) is 23.9 Å². The molecule has 0 spiro atoms. The van der Waals surface area contributed by atoms with Crippen LogP contribution >= 0.6 is 0 Å².